The van der Waals surface area contributed by atoms with E-state index >= 15 is 0 Å². The van der Waals surface area contributed by atoms with Gasteiger partial charge in [0.25, 0.3) is 0 Å². The van der Waals surface area contributed by atoms with Crippen LogP contribution in [0, 0.1) is 28.6 Å². The molecule has 0 aromatic rings. The van der Waals surface area contributed by atoms with Gasteiger partial charge in [0.05, 0.1) is 12.0 Å². The molecule has 2 atom stereocenters. The number of esters is 1. The Morgan fingerprint density at radius 1 is 1.43 bits per heavy atom. The molecule has 0 aliphatic rings. The maximum Gasteiger partial charge on any atom is 0.333 e. The van der Waals surface area contributed by atoms with Gasteiger partial charge in [-0.2, -0.15) is 5.26 Å². The fraction of sp³-hybridized carbons (Fsp3) is 0.688. The summed E-state index contributed by atoms with van der Waals surface area (Å²) >= 11 is 0. The van der Waals surface area contributed by atoms with E-state index in [2.05, 4.69) is 12.6 Å². The van der Waals surface area contributed by atoms with Crippen molar-refractivity contribution in [3.05, 3.63) is 12.2 Å². The molecule has 0 saturated heterocycles. The molecule has 0 aliphatic heterocycles. The van der Waals surface area contributed by atoms with Crippen LogP contribution >= 0.6 is 0 Å². The first-order chi connectivity index (χ1) is 9.60. The highest BCUT2D eigenvalue weighted by Crippen LogP contribution is 2.35. The summed E-state index contributed by atoms with van der Waals surface area (Å²) in [6.45, 7) is 11.0. The molecule has 1 unspecified atom stereocenters. The van der Waals surface area contributed by atoms with Gasteiger partial charge in [0.1, 0.15) is 6.61 Å². The van der Waals surface area contributed by atoms with E-state index in [9.17, 15) is 9.59 Å². The van der Waals surface area contributed by atoms with Crippen LogP contribution in [0.2, 0.25) is 0 Å². The second-order valence-corrected chi connectivity index (χ2v) is 6.23. The Morgan fingerprint density at radius 2 is 2.00 bits per heavy atom. The van der Waals surface area contributed by atoms with Gasteiger partial charge in [-0.25, -0.2) is 4.79 Å². The average Bonchev–Trinajstić information content (AvgIpc) is 2.37. The van der Waals surface area contributed by atoms with Crippen molar-refractivity contribution in [3.8, 4) is 6.07 Å². The van der Waals surface area contributed by atoms with Crippen molar-refractivity contribution < 1.29 is 19.4 Å². The lowest BCUT2D eigenvalue weighted by molar-refractivity contribution is -0.140. The summed E-state index contributed by atoms with van der Waals surface area (Å²) in [5, 5.41) is 18.0. The van der Waals surface area contributed by atoms with Crippen LogP contribution in [0.1, 0.15) is 47.0 Å². The first-order valence-electron chi connectivity index (χ1n) is 7.04. The second-order valence-electron chi connectivity index (χ2n) is 6.23. The minimum absolute atomic E-state index is 0.00677. The minimum atomic E-state index is -0.817. The monoisotopic (exact) mass is 295 g/mol. The van der Waals surface area contributed by atoms with E-state index in [-0.39, 0.29) is 30.3 Å². The van der Waals surface area contributed by atoms with Gasteiger partial charge < -0.3 is 9.84 Å². The zero-order chi connectivity index (χ0) is 16.6. The van der Waals surface area contributed by atoms with Crippen LogP contribution in [0.15, 0.2) is 12.2 Å². The molecule has 5 heteroatoms. The molecule has 118 valence electrons. The Balaban J connectivity index is 4.38. The summed E-state index contributed by atoms with van der Waals surface area (Å²) in [6, 6.07) is 2.13. The Morgan fingerprint density at radius 3 is 2.43 bits per heavy atom. The molecule has 0 heterocycles. The van der Waals surface area contributed by atoms with Crippen LogP contribution in [-0.4, -0.2) is 23.7 Å². The molecule has 0 saturated carbocycles. The maximum atomic E-state index is 11.3. The van der Waals surface area contributed by atoms with Gasteiger partial charge in [-0.15, -0.1) is 0 Å². The summed E-state index contributed by atoms with van der Waals surface area (Å²) in [5.74, 6) is -1.69. The van der Waals surface area contributed by atoms with Crippen molar-refractivity contribution in [3.63, 3.8) is 0 Å². The van der Waals surface area contributed by atoms with E-state index in [1.54, 1.807) is 6.92 Å². The molecule has 5 nitrogen and oxygen atoms in total. The molecule has 0 rings (SSSR count). The first-order valence-corrected chi connectivity index (χ1v) is 7.04. The number of hydrogen-bond donors (Lipinski definition) is 1. The molecule has 0 radical (unpaired) electrons. The number of carboxylic acid groups (broad SMARTS) is 1. The van der Waals surface area contributed by atoms with Crippen LogP contribution in [0.5, 0.6) is 0 Å². The SMILES string of the molecule is C=C(C)C(=O)OCC(C#N)CCC(C)(C)[C@@H](C)CC(=O)O. The smallest absolute Gasteiger partial charge is 0.333 e. The van der Waals surface area contributed by atoms with Gasteiger partial charge in [0.2, 0.25) is 0 Å². The maximum absolute atomic E-state index is 11.3. The molecular formula is C16H25NO4. The highest BCUT2D eigenvalue weighted by atomic mass is 16.5. The number of aliphatic carboxylic acids is 1. The Bertz CT molecular complexity index is 434. The number of rotatable bonds is 9. The summed E-state index contributed by atoms with van der Waals surface area (Å²) in [7, 11) is 0. The molecule has 0 spiro atoms. The normalized spacial score (nSPS) is 13.9. The lowest BCUT2D eigenvalue weighted by Crippen LogP contribution is -2.25. The van der Waals surface area contributed by atoms with E-state index in [1.807, 2.05) is 20.8 Å². The third kappa shape index (κ3) is 7.50. The molecule has 0 aliphatic carbocycles. The molecule has 21 heavy (non-hydrogen) atoms. The zero-order valence-electron chi connectivity index (χ0n) is 13.3. The molecule has 0 aromatic heterocycles. The molecule has 0 bridgehead atoms. The molecule has 1 N–H and O–H groups in total. The Kier molecular flexibility index (Phi) is 7.72. The molecular weight excluding hydrogens is 270 g/mol. The van der Waals surface area contributed by atoms with Gasteiger partial charge in [0, 0.05) is 12.0 Å². The number of ether oxygens (including phenoxy) is 1. The number of hydrogen-bond acceptors (Lipinski definition) is 4. The van der Waals surface area contributed by atoms with E-state index in [0.717, 1.165) is 0 Å². The van der Waals surface area contributed by atoms with Crippen molar-refractivity contribution in [1.29, 1.82) is 5.26 Å². The van der Waals surface area contributed by atoms with Gasteiger partial charge in [0.15, 0.2) is 0 Å². The number of carboxylic acids is 1. The summed E-state index contributed by atoms with van der Waals surface area (Å²) in [4.78, 5) is 22.1. The fourth-order valence-electron chi connectivity index (χ4n) is 1.82. The highest BCUT2D eigenvalue weighted by Gasteiger charge is 2.28. The van der Waals surface area contributed by atoms with Gasteiger partial charge in [-0.05, 0) is 31.1 Å². The van der Waals surface area contributed by atoms with E-state index < -0.39 is 11.9 Å². The first kappa shape index (κ1) is 19.2. The van der Waals surface area contributed by atoms with Crippen LogP contribution in [0.25, 0.3) is 0 Å². The third-order valence-electron chi connectivity index (χ3n) is 3.90. The lowest BCUT2D eigenvalue weighted by Gasteiger charge is -2.31. The fourth-order valence-corrected chi connectivity index (χ4v) is 1.82. The third-order valence-corrected chi connectivity index (χ3v) is 3.90. The summed E-state index contributed by atoms with van der Waals surface area (Å²) < 4.78 is 4.99. The minimum Gasteiger partial charge on any atom is -0.481 e. The second kappa shape index (κ2) is 8.46. The standard InChI is InChI=1S/C16H25NO4/c1-11(2)15(20)21-10-13(9-17)6-7-16(4,5)12(3)8-14(18)19/h12-13H,1,6-8,10H2,2-5H3,(H,18,19)/t12-,13?/m0/s1. The Labute approximate surface area is 126 Å². The van der Waals surface area contributed by atoms with E-state index in [0.29, 0.717) is 18.4 Å². The van der Waals surface area contributed by atoms with Crippen molar-refractivity contribution in [1.82, 2.24) is 0 Å². The van der Waals surface area contributed by atoms with Gasteiger partial charge >= 0.3 is 11.9 Å². The van der Waals surface area contributed by atoms with Gasteiger partial charge in [-0.3, -0.25) is 4.79 Å². The lowest BCUT2D eigenvalue weighted by atomic mass is 9.74. The van der Waals surface area contributed by atoms with E-state index in [4.69, 9.17) is 15.1 Å². The molecule has 0 fully saturated rings. The summed E-state index contributed by atoms with van der Waals surface area (Å²) in [6.07, 6.45) is 1.37. The van der Waals surface area contributed by atoms with E-state index in [1.165, 1.54) is 0 Å². The molecule has 0 amide bonds. The number of carbonyl (C=O) groups is 2. The largest absolute Gasteiger partial charge is 0.481 e. The number of nitriles is 1. The topological polar surface area (TPSA) is 87.4 Å². The quantitative estimate of drug-likeness (QED) is 0.521. The summed E-state index contributed by atoms with van der Waals surface area (Å²) in [5.41, 5.74) is 0.119. The van der Waals surface area contributed by atoms with Crippen LogP contribution in [-0.2, 0) is 14.3 Å². The predicted octanol–water partition coefficient (Wildman–Crippen LogP) is 3.16. The average molecular weight is 295 g/mol. The van der Waals surface area contributed by atoms with Gasteiger partial charge in [-0.1, -0.05) is 27.4 Å². The van der Waals surface area contributed by atoms with Crippen molar-refractivity contribution in [2.75, 3.05) is 6.61 Å². The number of nitrogens with zero attached hydrogens (tertiary/aromatic N) is 1. The number of carbonyl (C=O) groups excluding carboxylic acids is 1. The van der Waals surface area contributed by atoms with Crippen molar-refractivity contribution in [2.24, 2.45) is 17.3 Å². The van der Waals surface area contributed by atoms with Crippen LogP contribution < -0.4 is 0 Å². The molecule has 0 aromatic carbocycles. The predicted molar refractivity (Wildman–Crippen MR) is 79.3 cm³/mol. The van der Waals surface area contributed by atoms with Crippen LogP contribution in [0.3, 0.4) is 0 Å². The van der Waals surface area contributed by atoms with Crippen LogP contribution in [0.4, 0.5) is 0 Å². The van der Waals surface area contributed by atoms with Crippen molar-refractivity contribution in [2.45, 2.75) is 47.0 Å². The van der Waals surface area contributed by atoms with Crippen molar-refractivity contribution >= 4 is 11.9 Å². The Hall–Kier alpha value is -1.83. The highest BCUT2D eigenvalue weighted by molar-refractivity contribution is 5.86. The zero-order valence-corrected chi connectivity index (χ0v) is 13.3.